The highest BCUT2D eigenvalue weighted by Crippen LogP contribution is 1.98. The van der Waals surface area contributed by atoms with E-state index in [0.717, 1.165) is 0 Å². The molecule has 6 nitrogen and oxygen atoms in total. The minimum absolute atomic E-state index is 0.115. The molecular formula is C8H14ClN5O. The molecular weight excluding hydrogens is 218 g/mol. The Bertz CT molecular complexity index is 325. The maximum Gasteiger partial charge on any atom is 0.316 e. The van der Waals surface area contributed by atoms with Gasteiger partial charge < -0.3 is 14.8 Å². The van der Waals surface area contributed by atoms with Gasteiger partial charge in [0.05, 0.1) is 5.88 Å². The van der Waals surface area contributed by atoms with E-state index in [2.05, 4.69) is 15.5 Å². The minimum Gasteiger partial charge on any atom is -0.336 e. The highest BCUT2D eigenvalue weighted by atomic mass is 35.5. The highest BCUT2D eigenvalue weighted by Gasteiger charge is 2.04. The summed E-state index contributed by atoms with van der Waals surface area (Å²) in [5, 5.41) is 10.3. The molecule has 15 heavy (non-hydrogen) atoms. The third-order valence-electron chi connectivity index (χ3n) is 1.85. The number of urea groups is 1. The van der Waals surface area contributed by atoms with Crippen molar-refractivity contribution in [1.82, 2.24) is 25.0 Å². The average molecular weight is 232 g/mol. The number of nitrogens with zero attached hydrogens (tertiary/aromatic N) is 4. The Labute approximate surface area is 93.2 Å². The standard InChI is InChI=1S/C8H14ClN5O/c1-13(2)8(15)10-3-4-14-6-11-12-7(14)5-9/h6H,3-5H2,1-2H3,(H,10,15). The largest absolute Gasteiger partial charge is 0.336 e. The van der Waals surface area contributed by atoms with Crippen LogP contribution in [0.2, 0.25) is 0 Å². The van der Waals surface area contributed by atoms with Crippen LogP contribution in [-0.4, -0.2) is 46.3 Å². The quantitative estimate of drug-likeness (QED) is 0.758. The van der Waals surface area contributed by atoms with E-state index in [4.69, 9.17) is 11.6 Å². The summed E-state index contributed by atoms with van der Waals surface area (Å²) in [5.41, 5.74) is 0. The summed E-state index contributed by atoms with van der Waals surface area (Å²) < 4.78 is 1.81. The monoisotopic (exact) mass is 231 g/mol. The summed E-state index contributed by atoms with van der Waals surface area (Å²) in [6.45, 7) is 1.15. The molecule has 1 aromatic heterocycles. The zero-order valence-electron chi connectivity index (χ0n) is 8.77. The van der Waals surface area contributed by atoms with Crippen molar-refractivity contribution >= 4 is 17.6 Å². The second kappa shape index (κ2) is 5.55. The van der Waals surface area contributed by atoms with Crippen LogP contribution in [0.3, 0.4) is 0 Å². The summed E-state index contributed by atoms with van der Waals surface area (Å²) in [4.78, 5) is 12.7. The molecule has 0 bridgehead atoms. The Morgan fingerprint density at radius 3 is 3.00 bits per heavy atom. The number of aromatic nitrogens is 3. The lowest BCUT2D eigenvalue weighted by Gasteiger charge is -2.12. The van der Waals surface area contributed by atoms with E-state index < -0.39 is 0 Å². The van der Waals surface area contributed by atoms with E-state index in [1.54, 1.807) is 20.4 Å². The number of rotatable bonds is 4. The van der Waals surface area contributed by atoms with Crippen LogP contribution < -0.4 is 5.32 Å². The Morgan fingerprint density at radius 2 is 2.40 bits per heavy atom. The number of carbonyl (C=O) groups excluding carboxylic acids is 1. The lowest BCUT2D eigenvalue weighted by molar-refractivity contribution is 0.217. The Morgan fingerprint density at radius 1 is 1.67 bits per heavy atom. The lowest BCUT2D eigenvalue weighted by atomic mass is 10.5. The zero-order chi connectivity index (χ0) is 11.3. The Hall–Kier alpha value is -1.30. The van der Waals surface area contributed by atoms with E-state index in [-0.39, 0.29) is 6.03 Å². The summed E-state index contributed by atoms with van der Waals surface area (Å²) in [5.74, 6) is 1.03. The van der Waals surface area contributed by atoms with Crippen molar-refractivity contribution in [2.45, 2.75) is 12.4 Å². The third-order valence-corrected chi connectivity index (χ3v) is 2.09. The SMILES string of the molecule is CN(C)C(=O)NCCn1cnnc1CCl. The van der Waals surface area contributed by atoms with Gasteiger partial charge in [-0.2, -0.15) is 0 Å². The number of alkyl halides is 1. The van der Waals surface area contributed by atoms with Gasteiger partial charge in [-0.25, -0.2) is 4.79 Å². The van der Waals surface area contributed by atoms with Crippen LogP contribution in [0.1, 0.15) is 5.82 Å². The second-order valence-electron chi connectivity index (χ2n) is 3.20. The van der Waals surface area contributed by atoms with Gasteiger partial charge >= 0.3 is 6.03 Å². The molecule has 7 heteroatoms. The van der Waals surface area contributed by atoms with Gasteiger partial charge in [-0.15, -0.1) is 21.8 Å². The van der Waals surface area contributed by atoms with Crippen LogP contribution in [0.25, 0.3) is 0 Å². The van der Waals surface area contributed by atoms with Crippen molar-refractivity contribution < 1.29 is 4.79 Å². The van der Waals surface area contributed by atoms with E-state index in [1.807, 2.05) is 4.57 Å². The predicted octanol–water partition coefficient (Wildman–Crippen LogP) is 0.288. The molecule has 2 amide bonds. The van der Waals surface area contributed by atoms with Crippen LogP contribution in [0.15, 0.2) is 6.33 Å². The van der Waals surface area contributed by atoms with Crippen LogP contribution in [0.5, 0.6) is 0 Å². The fraction of sp³-hybridized carbons (Fsp3) is 0.625. The molecule has 1 heterocycles. The molecule has 1 N–H and O–H groups in total. The molecule has 0 aromatic carbocycles. The van der Waals surface area contributed by atoms with Crippen LogP contribution >= 0.6 is 11.6 Å². The van der Waals surface area contributed by atoms with Crippen LogP contribution in [0, 0.1) is 0 Å². The molecule has 0 radical (unpaired) electrons. The van der Waals surface area contributed by atoms with E-state index in [1.165, 1.54) is 4.90 Å². The smallest absolute Gasteiger partial charge is 0.316 e. The topological polar surface area (TPSA) is 63.1 Å². The van der Waals surface area contributed by atoms with Crippen LogP contribution in [-0.2, 0) is 12.4 Å². The van der Waals surface area contributed by atoms with Gasteiger partial charge in [-0.3, -0.25) is 0 Å². The van der Waals surface area contributed by atoms with Gasteiger partial charge in [0.25, 0.3) is 0 Å². The maximum atomic E-state index is 11.2. The normalized spacial score (nSPS) is 10.1. The molecule has 0 aliphatic heterocycles. The first-order valence-electron chi connectivity index (χ1n) is 4.53. The Kier molecular flexibility index (Phi) is 4.36. The van der Waals surface area contributed by atoms with Gasteiger partial charge in [0.2, 0.25) is 0 Å². The molecule has 0 unspecified atom stereocenters. The van der Waals surface area contributed by atoms with Crippen molar-refractivity contribution in [2.75, 3.05) is 20.6 Å². The molecule has 0 spiro atoms. The summed E-state index contributed by atoms with van der Waals surface area (Å²) in [7, 11) is 3.39. The molecule has 1 aromatic rings. The summed E-state index contributed by atoms with van der Waals surface area (Å²) in [6, 6.07) is -0.115. The predicted molar refractivity (Wildman–Crippen MR) is 56.7 cm³/mol. The Balaban J connectivity index is 2.35. The zero-order valence-corrected chi connectivity index (χ0v) is 9.53. The number of hydrogen-bond acceptors (Lipinski definition) is 3. The van der Waals surface area contributed by atoms with E-state index >= 15 is 0 Å². The van der Waals surface area contributed by atoms with Crippen molar-refractivity contribution in [3.63, 3.8) is 0 Å². The maximum absolute atomic E-state index is 11.2. The third kappa shape index (κ3) is 3.39. The van der Waals surface area contributed by atoms with Crippen LogP contribution in [0.4, 0.5) is 4.79 Å². The van der Waals surface area contributed by atoms with Crippen molar-refractivity contribution in [1.29, 1.82) is 0 Å². The van der Waals surface area contributed by atoms with Gasteiger partial charge in [-0.05, 0) is 0 Å². The second-order valence-corrected chi connectivity index (χ2v) is 3.47. The molecule has 0 aliphatic rings. The van der Waals surface area contributed by atoms with Crippen molar-refractivity contribution in [3.8, 4) is 0 Å². The summed E-state index contributed by atoms with van der Waals surface area (Å²) in [6.07, 6.45) is 1.60. The number of carbonyl (C=O) groups is 1. The molecule has 0 fully saturated rings. The van der Waals surface area contributed by atoms with Gasteiger partial charge in [-0.1, -0.05) is 0 Å². The molecule has 1 rings (SSSR count). The number of nitrogens with one attached hydrogen (secondary N) is 1. The molecule has 0 aliphatic carbocycles. The van der Waals surface area contributed by atoms with Gasteiger partial charge in [0, 0.05) is 27.2 Å². The number of amides is 2. The van der Waals surface area contributed by atoms with E-state index in [0.29, 0.717) is 24.8 Å². The van der Waals surface area contributed by atoms with Gasteiger partial charge in [0.15, 0.2) is 0 Å². The number of halogens is 1. The van der Waals surface area contributed by atoms with Gasteiger partial charge in [0.1, 0.15) is 12.2 Å². The first-order chi connectivity index (χ1) is 7.15. The molecule has 0 saturated heterocycles. The molecule has 0 saturated carbocycles. The lowest BCUT2D eigenvalue weighted by Crippen LogP contribution is -2.36. The first kappa shape index (κ1) is 11.8. The number of hydrogen-bond donors (Lipinski definition) is 1. The average Bonchev–Trinajstić information content (AvgIpc) is 2.65. The summed E-state index contributed by atoms with van der Waals surface area (Å²) >= 11 is 5.65. The fourth-order valence-electron chi connectivity index (χ4n) is 1.01. The van der Waals surface area contributed by atoms with E-state index in [9.17, 15) is 4.79 Å². The highest BCUT2D eigenvalue weighted by molar-refractivity contribution is 6.16. The van der Waals surface area contributed by atoms with Crippen molar-refractivity contribution in [2.24, 2.45) is 0 Å². The van der Waals surface area contributed by atoms with Crippen molar-refractivity contribution in [3.05, 3.63) is 12.2 Å². The fourth-order valence-corrected chi connectivity index (χ4v) is 1.22. The minimum atomic E-state index is -0.115. The first-order valence-corrected chi connectivity index (χ1v) is 5.06. The molecule has 0 atom stereocenters. The molecule has 84 valence electrons.